The van der Waals surface area contributed by atoms with Gasteiger partial charge >= 0.3 is 0 Å². The number of hydrogen-bond acceptors (Lipinski definition) is 2. The molecule has 186 valence electrons. The van der Waals surface area contributed by atoms with E-state index < -0.39 is 0 Å². The van der Waals surface area contributed by atoms with Gasteiger partial charge < -0.3 is 9.47 Å². The zero-order valence-corrected chi connectivity index (χ0v) is 21.6. The Morgan fingerprint density at radius 2 is 1.26 bits per heavy atom. The molecule has 2 heteroatoms. The molecule has 0 bridgehead atoms. The molecule has 0 N–H and O–H groups in total. The van der Waals surface area contributed by atoms with E-state index in [0.29, 0.717) is 6.61 Å². The summed E-state index contributed by atoms with van der Waals surface area (Å²) in [6.45, 7) is 5.96. The van der Waals surface area contributed by atoms with Crippen molar-refractivity contribution in [2.45, 2.75) is 109 Å². The molecule has 2 fully saturated rings. The van der Waals surface area contributed by atoms with Crippen LogP contribution in [0, 0.1) is 5.92 Å². The Hall–Kier alpha value is -1.64. The minimum atomic E-state index is 0.0655. The Morgan fingerprint density at radius 1 is 0.618 bits per heavy atom. The molecule has 0 amide bonds. The summed E-state index contributed by atoms with van der Waals surface area (Å²) in [6, 6.07) is 18.3. The molecule has 2 aliphatic rings. The van der Waals surface area contributed by atoms with Crippen molar-refractivity contribution in [3.05, 3.63) is 59.7 Å². The van der Waals surface area contributed by atoms with Gasteiger partial charge in [0.2, 0.25) is 0 Å². The van der Waals surface area contributed by atoms with E-state index in [1.54, 1.807) is 0 Å². The van der Waals surface area contributed by atoms with Crippen LogP contribution in [0.1, 0.15) is 114 Å². The van der Waals surface area contributed by atoms with Gasteiger partial charge in [-0.3, -0.25) is 0 Å². The third kappa shape index (κ3) is 7.18. The lowest BCUT2D eigenvalue weighted by Gasteiger charge is -2.30. The first-order chi connectivity index (χ1) is 16.8. The van der Waals surface area contributed by atoms with Crippen LogP contribution in [0.5, 0.6) is 0 Å². The maximum atomic E-state index is 6.17. The Bertz CT molecular complexity index is 809. The highest BCUT2D eigenvalue weighted by Gasteiger charge is 2.24. The predicted octanol–water partition coefficient (Wildman–Crippen LogP) is 9.24. The average Bonchev–Trinajstić information content (AvgIpc) is 2.91. The van der Waals surface area contributed by atoms with Crippen molar-refractivity contribution >= 4 is 0 Å². The zero-order valence-electron chi connectivity index (χ0n) is 21.6. The quantitative estimate of drug-likeness (QED) is 0.310. The van der Waals surface area contributed by atoms with Gasteiger partial charge in [0.15, 0.2) is 0 Å². The van der Waals surface area contributed by atoms with Crippen molar-refractivity contribution in [3.8, 4) is 11.1 Å². The molecule has 2 aromatic carbocycles. The van der Waals surface area contributed by atoms with Crippen LogP contribution in [0.3, 0.4) is 0 Å². The molecule has 0 radical (unpaired) electrons. The second-order valence-electron chi connectivity index (χ2n) is 10.7. The van der Waals surface area contributed by atoms with Crippen molar-refractivity contribution in [2.24, 2.45) is 5.92 Å². The Kier molecular flexibility index (Phi) is 10.1. The Balaban J connectivity index is 1.25. The monoisotopic (exact) mass is 462 g/mol. The van der Waals surface area contributed by atoms with Crippen LogP contribution in [0.2, 0.25) is 0 Å². The van der Waals surface area contributed by atoms with Gasteiger partial charge in [-0.1, -0.05) is 107 Å². The maximum absolute atomic E-state index is 6.17. The molecule has 1 aliphatic heterocycles. The van der Waals surface area contributed by atoms with Crippen molar-refractivity contribution in [1.82, 2.24) is 0 Å². The van der Waals surface area contributed by atoms with Gasteiger partial charge in [0, 0.05) is 0 Å². The van der Waals surface area contributed by atoms with Crippen molar-refractivity contribution in [2.75, 3.05) is 13.2 Å². The van der Waals surface area contributed by atoms with Crippen LogP contribution in [-0.4, -0.2) is 19.3 Å². The standard InChI is InChI=1S/C32H46O2/c1-3-5-7-8-10-31-23-34-32(24-33-31)30-21-19-29(20-22-30)28-17-15-27(16-18-28)26-13-11-25(12-14-26)9-6-4-2/h15-22,25-26,31-32H,3-14,23-24H2,1-2H3/t25?,26?,31-,32-/m0/s1. The second-order valence-corrected chi connectivity index (χ2v) is 10.7. The molecule has 2 aromatic rings. The molecule has 2 atom stereocenters. The van der Waals surface area contributed by atoms with Crippen molar-refractivity contribution in [1.29, 1.82) is 0 Å². The number of rotatable bonds is 11. The molecule has 1 saturated carbocycles. The number of benzene rings is 2. The van der Waals surface area contributed by atoms with Gasteiger partial charge in [-0.05, 0) is 66.2 Å². The highest BCUT2D eigenvalue weighted by Crippen LogP contribution is 2.38. The largest absolute Gasteiger partial charge is 0.373 e. The van der Waals surface area contributed by atoms with Crippen LogP contribution in [0.25, 0.3) is 11.1 Å². The summed E-state index contributed by atoms with van der Waals surface area (Å²) < 4.78 is 12.3. The SMILES string of the molecule is CCCCCC[C@H]1CO[C@H](c2ccc(-c3ccc(C4CCC(CCCC)CC4)cc3)cc2)CO1. The van der Waals surface area contributed by atoms with Crippen molar-refractivity contribution < 1.29 is 9.47 Å². The van der Waals surface area contributed by atoms with Crippen LogP contribution in [-0.2, 0) is 9.47 Å². The van der Waals surface area contributed by atoms with E-state index in [1.165, 1.54) is 92.9 Å². The molecule has 34 heavy (non-hydrogen) atoms. The molecule has 0 aromatic heterocycles. The van der Waals surface area contributed by atoms with E-state index >= 15 is 0 Å². The van der Waals surface area contributed by atoms with E-state index in [-0.39, 0.29) is 12.2 Å². The minimum absolute atomic E-state index is 0.0655. The molecule has 2 nitrogen and oxygen atoms in total. The van der Waals surface area contributed by atoms with E-state index in [2.05, 4.69) is 62.4 Å². The van der Waals surface area contributed by atoms with E-state index in [0.717, 1.165) is 24.9 Å². The average molecular weight is 463 g/mol. The lowest BCUT2D eigenvalue weighted by atomic mass is 9.77. The normalized spacial score (nSPS) is 25.4. The van der Waals surface area contributed by atoms with Gasteiger partial charge in [0.1, 0.15) is 6.10 Å². The highest BCUT2D eigenvalue weighted by molar-refractivity contribution is 5.64. The number of ether oxygens (including phenoxy) is 2. The van der Waals surface area contributed by atoms with Crippen LogP contribution >= 0.6 is 0 Å². The molecular weight excluding hydrogens is 416 g/mol. The maximum Gasteiger partial charge on any atom is 0.106 e. The number of unbranched alkanes of at least 4 members (excludes halogenated alkanes) is 4. The van der Waals surface area contributed by atoms with Crippen LogP contribution < -0.4 is 0 Å². The lowest BCUT2D eigenvalue weighted by molar-refractivity contribution is -0.137. The summed E-state index contributed by atoms with van der Waals surface area (Å²) in [7, 11) is 0. The fraction of sp³-hybridized carbons (Fsp3) is 0.625. The summed E-state index contributed by atoms with van der Waals surface area (Å²) in [5.74, 6) is 1.73. The first-order valence-corrected chi connectivity index (χ1v) is 14.2. The first-order valence-electron chi connectivity index (χ1n) is 14.2. The summed E-state index contributed by atoms with van der Waals surface area (Å²) >= 11 is 0. The molecule has 0 spiro atoms. The molecule has 1 aliphatic carbocycles. The fourth-order valence-corrected chi connectivity index (χ4v) is 5.82. The number of hydrogen-bond donors (Lipinski definition) is 0. The van der Waals surface area contributed by atoms with Gasteiger partial charge in [0.25, 0.3) is 0 Å². The minimum Gasteiger partial charge on any atom is -0.373 e. The topological polar surface area (TPSA) is 18.5 Å². The van der Waals surface area contributed by atoms with Crippen LogP contribution in [0.4, 0.5) is 0 Å². The second kappa shape index (κ2) is 13.4. The highest BCUT2D eigenvalue weighted by atomic mass is 16.6. The first kappa shape index (κ1) is 25.5. The van der Waals surface area contributed by atoms with Crippen molar-refractivity contribution in [3.63, 3.8) is 0 Å². The van der Waals surface area contributed by atoms with Gasteiger partial charge in [-0.25, -0.2) is 0 Å². The van der Waals surface area contributed by atoms with Gasteiger partial charge in [-0.2, -0.15) is 0 Å². The molecular formula is C32H46O2. The van der Waals surface area contributed by atoms with E-state index in [1.807, 2.05) is 0 Å². The summed E-state index contributed by atoms with van der Waals surface area (Å²) in [5.41, 5.74) is 5.35. The fourth-order valence-electron chi connectivity index (χ4n) is 5.82. The van der Waals surface area contributed by atoms with Gasteiger partial charge in [-0.15, -0.1) is 0 Å². The van der Waals surface area contributed by atoms with Crippen LogP contribution in [0.15, 0.2) is 48.5 Å². The lowest BCUT2D eigenvalue weighted by Crippen LogP contribution is -2.31. The molecule has 4 rings (SSSR count). The molecule has 1 heterocycles. The Labute approximate surface area is 208 Å². The Morgan fingerprint density at radius 3 is 1.85 bits per heavy atom. The van der Waals surface area contributed by atoms with E-state index in [4.69, 9.17) is 9.47 Å². The smallest absolute Gasteiger partial charge is 0.106 e. The summed E-state index contributed by atoms with van der Waals surface area (Å²) in [4.78, 5) is 0. The third-order valence-electron chi connectivity index (χ3n) is 8.16. The summed E-state index contributed by atoms with van der Waals surface area (Å²) in [5, 5.41) is 0. The van der Waals surface area contributed by atoms with Gasteiger partial charge in [0.05, 0.1) is 19.3 Å². The third-order valence-corrected chi connectivity index (χ3v) is 8.16. The van der Waals surface area contributed by atoms with E-state index in [9.17, 15) is 0 Å². The molecule has 1 saturated heterocycles. The summed E-state index contributed by atoms with van der Waals surface area (Å²) in [6.07, 6.45) is 16.4. The predicted molar refractivity (Wildman–Crippen MR) is 143 cm³/mol. The zero-order chi connectivity index (χ0) is 23.6. The molecule has 0 unspecified atom stereocenters.